The van der Waals surface area contributed by atoms with Crippen molar-refractivity contribution in [2.24, 2.45) is 11.3 Å². The third-order valence-corrected chi connectivity index (χ3v) is 5.87. The minimum absolute atomic E-state index is 0.0370. The molecule has 158 valence electrons. The number of nitro groups is 1. The van der Waals surface area contributed by atoms with Crippen molar-refractivity contribution >= 4 is 23.2 Å². The molecule has 0 radical (unpaired) electrons. The molecule has 1 aromatic carbocycles. The van der Waals surface area contributed by atoms with Gasteiger partial charge in [0.05, 0.1) is 15.9 Å². The van der Waals surface area contributed by atoms with Gasteiger partial charge in [0.2, 0.25) is 0 Å². The zero-order valence-electron chi connectivity index (χ0n) is 17.4. The van der Waals surface area contributed by atoms with E-state index in [1.54, 1.807) is 13.0 Å². The Morgan fingerprint density at radius 2 is 1.90 bits per heavy atom. The van der Waals surface area contributed by atoms with Crippen molar-refractivity contribution in [2.75, 3.05) is 6.61 Å². The summed E-state index contributed by atoms with van der Waals surface area (Å²) in [6, 6.07) is 5.07. The Morgan fingerprint density at radius 1 is 1.23 bits per heavy atom. The van der Waals surface area contributed by atoms with Gasteiger partial charge in [-0.15, -0.1) is 0 Å². The van der Waals surface area contributed by atoms with E-state index < -0.39 is 16.3 Å². The Balaban J connectivity index is 1.82. The Labute approximate surface area is 174 Å². The van der Waals surface area contributed by atoms with Gasteiger partial charge in [-0.2, -0.15) is 0 Å². The quantitative estimate of drug-likeness (QED) is 0.414. The number of carbonyl (C=O) groups is 3. The van der Waals surface area contributed by atoms with Crippen LogP contribution in [0.3, 0.4) is 0 Å². The van der Waals surface area contributed by atoms with Gasteiger partial charge in [-0.05, 0) is 45.2 Å². The van der Waals surface area contributed by atoms with Gasteiger partial charge < -0.3 is 4.74 Å². The predicted molar refractivity (Wildman–Crippen MR) is 110 cm³/mol. The van der Waals surface area contributed by atoms with E-state index in [-0.39, 0.29) is 35.3 Å². The zero-order valence-corrected chi connectivity index (χ0v) is 17.4. The molecule has 1 aromatic rings. The normalized spacial score (nSPS) is 26.9. The first-order valence-corrected chi connectivity index (χ1v) is 10.1. The van der Waals surface area contributed by atoms with Gasteiger partial charge in [-0.3, -0.25) is 19.7 Å². The van der Waals surface area contributed by atoms with Crippen LogP contribution in [0.25, 0.3) is 0 Å². The molecule has 0 spiro atoms. The van der Waals surface area contributed by atoms with E-state index in [1.807, 2.05) is 13.8 Å². The van der Waals surface area contributed by atoms with Gasteiger partial charge in [0, 0.05) is 29.2 Å². The second-order valence-corrected chi connectivity index (χ2v) is 8.35. The third-order valence-electron chi connectivity index (χ3n) is 5.87. The maximum Gasteiger partial charge on any atom is 0.338 e. The van der Waals surface area contributed by atoms with Crippen LogP contribution in [0.15, 0.2) is 47.1 Å². The molecular weight excluding hydrogens is 386 g/mol. The van der Waals surface area contributed by atoms with Crippen LogP contribution in [0.4, 0.5) is 5.69 Å². The van der Waals surface area contributed by atoms with Crippen molar-refractivity contribution in [1.29, 1.82) is 0 Å². The lowest BCUT2D eigenvalue weighted by molar-refractivity contribution is -0.384. The highest BCUT2D eigenvalue weighted by molar-refractivity contribution is 6.19. The summed E-state index contributed by atoms with van der Waals surface area (Å²) in [5.74, 6) is -1.07. The highest BCUT2D eigenvalue weighted by Crippen LogP contribution is 2.41. The average molecular weight is 411 g/mol. The number of nitrogens with zero attached hydrogens (tertiary/aromatic N) is 1. The molecule has 7 heteroatoms. The van der Waals surface area contributed by atoms with Crippen LogP contribution in [-0.2, 0) is 14.3 Å². The zero-order chi connectivity index (χ0) is 22.1. The number of non-ortho nitro benzene ring substituents is 1. The number of esters is 1. The minimum Gasteiger partial charge on any atom is -0.461 e. The van der Waals surface area contributed by atoms with E-state index in [2.05, 4.69) is 0 Å². The number of Topliss-reactive ketones (excluding diaryl/α,β-unsaturated/α-hetero) is 2. The molecule has 0 saturated heterocycles. The first kappa shape index (κ1) is 21.6. The molecular formula is C23H25NO6. The van der Waals surface area contributed by atoms with E-state index in [0.717, 1.165) is 31.3 Å². The van der Waals surface area contributed by atoms with Crippen molar-refractivity contribution < 1.29 is 24.0 Å². The van der Waals surface area contributed by atoms with Gasteiger partial charge in [0.25, 0.3) is 5.69 Å². The fourth-order valence-corrected chi connectivity index (χ4v) is 3.97. The first-order chi connectivity index (χ1) is 14.1. The van der Waals surface area contributed by atoms with E-state index in [0.29, 0.717) is 11.1 Å². The molecule has 0 saturated carbocycles. The van der Waals surface area contributed by atoms with Crippen LogP contribution in [-0.4, -0.2) is 29.1 Å². The monoisotopic (exact) mass is 411 g/mol. The second-order valence-electron chi connectivity index (χ2n) is 8.35. The summed E-state index contributed by atoms with van der Waals surface area (Å²) < 4.78 is 5.37. The molecule has 1 unspecified atom stereocenters. The molecule has 0 amide bonds. The van der Waals surface area contributed by atoms with Gasteiger partial charge in [0.15, 0.2) is 11.6 Å². The molecule has 30 heavy (non-hydrogen) atoms. The van der Waals surface area contributed by atoms with Gasteiger partial charge in [0.1, 0.15) is 6.61 Å². The van der Waals surface area contributed by atoms with Crippen LogP contribution < -0.4 is 0 Å². The lowest BCUT2D eigenvalue weighted by Crippen LogP contribution is -2.30. The summed E-state index contributed by atoms with van der Waals surface area (Å²) >= 11 is 0. The summed E-state index contributed by atoms with van der Waals surface area (Å²) in [6.07, 6.45) is 5.08. The SMILES string of the molecule is C/C1=C2\C(=O)C(C)(COC(=O)c3ccc([N+](=O)[O-])cc3)C=C2C(=O)[C@@H](C)CCCC1. The number of allylic oxidation sites excluding steroid dienone is 3. The summed E-state index contributed by atoms with van der Waals surface area (Å²) in [5.41, 5.74) is 0.737. The molecule has 2 atom stereocenters. The Bertz CT molecular complexity index is 972. The average Bonchev–Trinajstić information content (AvgIpc) is 3.01. The molecule has 0 N–H and O–H groups in total. The van der Waals surface area contributed by atoms with E-state index in [4.69, 9.17) is 4.74 Å². The summed E-state index contributed by atoms with van der Waals surface area (Å²) in [6.45, 7) is 5.24. The number of fused-ring (bicyclic) bond motifs is 1. The topological polar surface area (TPSA) is 104 Å². The number of ether oxygens (including phenoxy) is 1. The number of ketones is 2. The Hall–Kier alpha value is -3.09. The highest BCUT2D eigenvalue weighted by atomic mass is 16.6. The van der Waals surface area contributed by atoms with Crippen LogP contribution in [0, 0.1) is 21.4 Å². The lowest BCUT2D eigenvalue weighted by atomic mass is 9.87. The Morgan fingerprint density at radius 3 is 2.53 bits per heavy atom. The van der Waals surface area contributed by atoms with Gasteiger partial charge in [-0.25, -0.2) is 4.79 Å². The van der Waals surface area contributed by atoms with Crippen LogP contribution in [0.1, 0.15) is 56.8 Å². The molecule has 3 rings (SSSR count). The van der Waals surface area contributed by atoms with Crippen molar-refractivity contribution in [2.45, 2.75) is 46.5 Å². The standard InChI is InChI=1S/C23H25NO6/c1-14-6-4-5-7-15(2)20(25)18-12-23(3,21(26)19(14)18)13-30-22(27)16-8-10-17(11-9-16)24(28)29/h8-12,15H,4-7,13H2,1-3H3/b19-14+/t15-,23?/m0/s1. The number of hydrogen-bond donors (Lipinski definition) is 0. The summed E-state index contributed by atoms with van der Waals surface area (Å²) in [4.78, 5) is 48.8. The van der Waals surface area contributed by atoms with E-state index >= 15 is 0 Å². The van der Waals surface area contributed by atoms with Crippen LogP contribution in [0.2, 0.25) is 0 Å². The lowest BCUT2D eigenvalue weighted by Gasteiger charge is -2.20. The van der Waals surface area contributed by atoms with Crippen molar-refractivity contribution in [3.05, 3.63) is 62.7 Å². The first-order valence-electron chi connectivity index (χ1n) is 10.1. The van der Waals surface area contributed by atoms with Crippen molar-refractivity contribution in [3.63, 3.8) is 0 Å². The molecule has 0 heterocycles. The fraction of sp³-hybridized carbons (Fsp3) is 0.435. The molecule has 0 aromatic heterocycles. The predicted octanol–water partition coefficient (Wildman–Crippen LogP) is 4.36. The third kappa shape index (κ3) is 4.10. The minimum atomic E-state index is -1.11. The van der Waals surface area contributed by atoms with Gasteiger partial charge >= 0.3 is 5.97 Å². The largest absolute Gasteiger partial charge is 0.461 e. The van der Waals surface area contributed by atoms with Crippen molar-refractivity contribution in [1.82, 2.24) is 0 Å². The van der Waals surface area contributed by atoms with Crippen molar-refractivity contribution in [3.8, 4) is 0 Å². The molecule has 0 aliphatic heterocycles. The number of carbonyl (C=O) groups excluding carboxylic acids is 3. The Kier molecular flexibility index (Phi) is 6.01. The maximum absolute atomic E-state index is 13.2. The molecule has 0 fully saturated rings. The molecule has 2 aliphatic rings. The number of hydrogen-bond acceptors (Lipinski definition) is 6. The summed E-state index contributed by atoms with van der Waals surface area (Å²) in [5, 5.41) is 10.7. The van der Waals surface area contributed by atoms with Gasteiger partial charge in [-0.1, -0.05) is 25.0 Å². The maximum atomic E-state index is 13.2. The fourth-order valence-electron chi connectivity index (χ4n) is 3.97. The second kappa shape index (κ2) is 8.34. The van der Waals surface area contributed by atoms with E-state index in [1.165, 1.54) is 24.3 Å². The highest BCUT2D eigenvalue weighted by Gasteiger charge is 2.45. The number of rotatable bonds is 4. The smallest absolute Gasteiger partial charge is 0.338 e. The molecule has 2 aliphatic carbocycles. The molecule has 7 nitrogen and oxygen atoms in total. The number of nitro benzene ring substituents is 1. The summed E-state index contributed by atoms with van der Waals surface area (Å²) in [7, 11) is 0. The van der Waals surface area contributed by atoms with Crippen LogP contribution >= 0.6 is 0 Å². The number of benzene rings is 1. The molecule has 0 bridgehead atoms. The van der Waals surface area contributed by atoms with E-state index in [9.17, 15) is 24.5 Å². The van der Waals surface area contributed by atoms with Crippen LogP contribution in [0.5, 0.6) is 0 Å².